The third-order valence-electron chi connectivity index (χ3n) is 4.32. The fraction of sp³-hybridized carbons (Fsp3) is 0.294. The third kappa shape index (κ3) is 1.56. The number of methoxy groups -OCH3 is 1. The van der Waals surface area contributed by atoms with Gasteiger partial charge in [0, 0.05) is 11.5 Å². The maximum Gasteiger partial charge on any atom is 0.131 e. The smallest absolute Gasteiger partial charge is 0.131 e. The molecule has 0 unspecified atom stereocenters. The number of aryl methyl sites for hydroxylation is 1. The number of hydrogen-bond donors (Lipinski definition) is 0. The Hall–Kier alpha value is -1.96. The first-order valence-corrected chi connectivity index (χ1v) is 6.79. The van der Waals surface area contributed by atoms with E-state index in [0.717, 1.165) is 24.3 Å². The molecule has 2 aromatic rings. The standard InChI is InChI=1S/C17H16O2/c1-18-12-7-9-13-11(10-12)6-8-15-14-4-2-3-5-16(14)19-17(13)15/h2-5,7,9-10,15,17H,6,8H2,1H3/t15-,17-/m0/s1. The lowest BCUT2D eigenvalue weighted by atomic mass is 9.79. The van der Waals surface area contributed by atoms with Gasteiger partial charge in [-0.15, -0.1) is 0 Å². The Balaban J connectivity index is 1.78. The molecule has 2 nitrogen and oxygen atoms in total. The Morgan fingerprint density at radius 2 is 2.00 bits per heavy atom. The summed E-state index contributed by atoms with van der Waals surface area (Å²) in [5.41, 5.74) is 4.07. The summed E-state index contributed by atoms with van der Waals surface area (Å²) >= 11 is 0. The van der Waals surface area contributed by atoms with E-state index >= 15 is 0 Å². The molecule has 2 aliphatic rings. The minimum atomic E-state index is 0.187. The molecule has 2 aromatic carbocycles. The Morgan fingerprint density at radius 3 is 2.89 bits per heavy atom. The van der Waals surface area contributed by atoms with Crippen LogP contribution in [0.3, 0.4) is 0 Å². The quantitative estimate of drug-likeness (QED) is 0.767. The molecule has 1 heterocycles. The van der Waals surface area contributed by atoms with Gasteiger partial charge in [0.15, 0.2) is 0 Å². The van der Waals surface area contributed by atoms with E-state index in [1.807, 2.05) is 12.1 Å². The first kappa shape index (κ1) is 10.9. The molecule has 0 fully saturated rings. The summed E-state index contributed by atoms with van der Waals surface area (Å²) in [6.45, 7) is 0. The predicted molar refractivity (Wildman–Crippen MR) is 73.9 cm³/mol. The largest absolute Gasteiger partial charge is 0.497 e. The summed E-state index contributed by atoms with van der Waals surface area (Å²) in [7, 11) is 1.72. The molecule has 0 saturated carbocycles. The molecule has 96 valence electrons. The maximum absolute atomic E-state index is 6.17. The van der Waals surface area contributed by atoms with E-state index in [4.69, 9.17) is 9.47 Å². The average molecular weight is 252 g/mol. The number of ether oxygens (including phenoxy) is 2. The second-order valence-corrected chi connectivity index (χ2v) is 5.29. The summed E-state index contributed by atoms with van der Waals surface area (Å²) < 4.78 is 11.5. The molecule has 0 spiro atoms. The van der Waals surface area contributed by atoms with Gasteiger partial charge in [-0.2, -0.15) is 0 Å². The van der Waals surface area contributed by atoms with Gasteiger partial charge in [0.25, 0.3) is 0 Å². The summed E-state index contributed by atoms with van der Waals surface area (Å²) in [6, 6.07) is 14.8. The van der Waals surface area contributed by atoms with Gasteiger partial charge in [-0.1, -0.05) is 24.3 Å². The summed E-state index contributed by atoms with van der Waals surface area (Å²) in [6.07, 6.45) is 2.44. The van der Waals surface area contributed by atoms with Crippen LogP contribution >= 0.6 is 0 Å². The summed E-state index contributed by atoms with van der Waals surface area (Å²) in [5.74, 6) is 2.51. The topological polar surface area (TPSA) is 18.5 Å². The zero-order chi connectivity index (χ0) is 12.8. The van der Waals surface area contributed by atoms with Crippen molar-refractivity contribution in [1.29, 1.82) is 0 Å². The second-order valence-electron chi connectivity index (χ2n) is 5.29. The minimum Gasteiger partial charge on any atom is -0.497 e. The first-order chi connectivity index (χ1) is 9.36. The van der Waals surface area contributed by atoms with Gasteiger partial charge >= 0.3 is 0 Å². The van der Waals surface area contributed by atoms with Gasteiger partial charge in [0.05, 0.1) is 7.11 Å². The number of benzene rings is 2. The van der Waals surface area contributed by atoms with Crippen molar-refractivity contribution in [2.24, 2.45) is 0 Å². The first-order valence-electron chi connectivity index (χ1n) is 6.79. The zero-order valence-electron chi connectivity index (χ0n) is 10.9. The summed E-state index contributed by atoms with van der Waals surface area (Å²) in [4.78, 5) is 0. The van der Waals surface area contributed by atoms with E-state index in [1.165, 1.54) is 16.7 Å². The van der Waals surface area contributed by atoms with Crippen molar-refractivity contribution in [2.75, 3.05) is 7.11 Å². The lowest BCUT2D eigenvalue weighted by Gasteiger charge is -2.27. The van der Waals surface area contributed by atoms with Crippen molar-refractivity contribution >= 4 is 0 Å². The molecule has 1 aliphatic carbocycles. The maximum atomic E-state index is 6.17. The van der Waals surface area contributed by atoms with Crippen molar-refractivity contribution < 1.29 is 9.47 Å². The Kier molecular flexibility index (Phi) is 2.31. The SMILES string of the molecule is COc1ccc2c(c1)CC[C@H]1c3ccccc3O[C@@H]21. The molecule has 0 saturated heterocycles. The number of hydrogen-bond acceptors (Lipinski definition) is 2. The number of fused-ring (bicyclic) bond motifs is 5. The van der Waals surface area contributed by atoms with Crippen LogP contribution in [0, 0.1) is 0 Å². The fourth-order valence-electron chi connectivity index (χ4n) is 3.38. The van der Waals surface area contributed by atoms with Gasteiger partial charge in [-0.3, -0.25) is 0 Å². The number of para-hydroxylation sites is 1. The third-order valence-corrected chi connectivity index (χ3v) is 4.32. The van der Waals surface area contributed by atoms with Crippen molar-refractivity contribution in [3.8, 4) is 11.5 Å². The molecular weight excluding hydrogens is 236 g/mol. The van der Waals surface area contributed by atoms with E-state index in [9.17, 15) is 0 Å². The van der Waals surface area contributed by atoms with Crippen molar-refractivity contribution in [1.82, 2.24) is 0 Å². The van der Waals surface area contributed by atoms with Crippen LogP contribution in [0.25, 0.3) is 0 Å². The highest BCUT2D eigenvalue weighted by Gasteiger charge is 2.38. The van der Waals surface area contributed by atoms with Gasteiger partial charge in [-0.05, 0) is 42.2 Å². The van der Waals surface area contributed by atoms with Crippen molar-refractivity contribution in [2.45, 2.75) is 24.9 Å². The van der Waals surface area contributed by atoms with Gasteiger partial charge < -0.3 is 9.47 Å². The molecule has 19 heavy (non-hydrogen) atoms. The monoisotopic (exact) mass is 252 g/mol. The Labute approximate surface area is 113 Å². The van der Waals surface area contributed by atoms with Gasteiger partial charge in [-0.25, -0.2) is 0 Å². The molecule has 0 bridgehead atoms. The van der Waals surface area contributed by atoms with E-state index in [2.05, 4.69) is 30.3 Å². The van der Waals surface area contributed by atoms with E-state index < -0.39 is 0 Å². The number of rotatable bonds is 1. The minimum absolute atomic E-state index is 0.187. The van der Waals surface area contributed by atoms with Crippen LogP contribution in [-0.2, 0) is 6.42 Å². The van der Waals surface area contributed by atoms with Crippen molar-refractivity contribution in [3.05, 3.63) is 59.2 Å². The van der Waals surface area contributed by atoms with E-state index in [-0.39, 0.29) is 6.10 Å². The predicted octanol–water partition coefficient (Wildman–Crippen LogP) is 3.86. The van der Waals surface area contributed by atoms with E-state index in [1.54, 1.807) is 7.11 Å². The molecule has 1 aliphatic heterocycles. The van der Waals surface area contributed by atoms with Crippen molar-refractivity contribution in [3.63, 3.8) is 0 Å². The average Bonchev–Trinajstić information content (AvgIpc) is 2.85. The van der Waals surface area contributed by atoms with Crippen LogP contribution in [0.15, 0.2) is 42.5 Å². The lowest BCUT2D eigenvalue weighted by molar-refractivity contribution is 0.195. The zero-order valence-corrected chi connectivity index (χ0v) is 10.9. The Bertz CT molecular complexity index is 633. The van der Waals surface area contributed by atoms with Crippen LogP contribution in [0.4, 0.5) is 0 Å². The molecular formula is C17H16O2. The molecule has 2 heteroatoms. The molecule has 0 aromatic heterocycles. The molecule has 4 rings (SSSR count). The highest BCUT2D eigenvalue weighted by molar-refractivity contribution is 5.48. The highest BCUT2D eigenvalue weighted by Crippen LogP contribution is 2.51. The second kappa shape index (κ2) is 4.02. The van der Waals surface area contributed by atoms with Gasteiger partial charge in [0.1, 0.15) is 17.6 Å². The Morgan fingerprint density at radius 1 is 1.11 bits per heavy atom. The van der Waals surface area contributed by atoms with E-state index in [0.29, 0.717) is 5.92 Å². The van der Waals surface area contributed by atoms with Crippen LogP contribution in [0.1, 0.15) is 35.1 Å². The summed E-state index contributed by atoms with van der Waals surface area (Å²) in [5, 5.41) is 0. The normalized spacial score (nSPS) is 23.0. The van der Waals surface area contributed by atoms with Gasteiger partial charge in [0.2, 0.25) is 0 Å². The molecule has 0 N–H and O–H groups in total. The van der Waals surface area contributed by atoms with Crippen LogP contribution in [-0.4, -0.2) is 7.11 Å². The van der Waals surface area contributed by atoms with Crippen LogP contribution in [0.2, 0.25) is 0 Å². The lowest BCUT2D eigenvalue weighted by Crippen LogP contribution is -2.18. The van der Waals surface area contributed by atoms with Crippen LogP contribution in [0.5, 0.6) is 11.5 Å². The highest BCUT2D eigenvalue weighted by atomic mass is 16.5. The van der Waals surface area contributed by atoms with Crippen LogP contribution < -0.4 is 9.47 Å². The molecule has 0 radical (unpaired) electrons. The fourth-order valence-corrected chi connectivity index (χ4v) is 3.38. The molecule has 0 amide bonds. The molecule has 2 atom stereocenters.